The molecule has 0 amide bonds. The molecule has 2 N–H and O–H groups in total. The largest absolute Gasteiger partial charge is 0.480 e. The molecule has 1 aromatic carbocycles. The summed E-state index contributed by atoms with van der Waals surface area (Å²) in [5, 5.41) is 17.7. The summed E-state index contributed by atoms with van der Waals surface area (Å²) in [5.41, 5.74) is -0.726. The molecule has 0 aliphatic carbocycles. The Kier molecular flexibility index (Phi) is 3.98. The average molecular weight is 282 g/mol. The van der Waals surface area contributed by atoms with Crippen LogP contribution in [0.25, 0.3) is 0 Å². The Bertz CT molecular complexity index is 657. The zero-order valence-electron chi connectivity index (χ0n) is 10.8. The van der Waals surface area contributed by atoms with E-state index in [1.54, 1.807) is 6.92 Å². The molecule has 0 saturated heterocycles. The van der Waals surface area contributed by atoms with E-state index >= 15 is 0 Å². The summed E-state index contributed by atoms with van der Waals surface area (Å²) in [6.45, 7) is 4.12. The molecule has 0 saturated carbocycles. The summed E-state index contributed by atoms with van der Waals surface area (Å²) in [7, 11) is -3.95. The molecule has 0 aliphatic rings. The number of rotatable bonds is 4. The number of benzene rings is 1. The maximum absolute atomic E-state index is 12.0. The van der Waals surface area contributed by atoms with Gasteiger partial charge in [0.05, 0.1) is 16.5 Å². The Morgan fingerprint density at radius 2 is 2.00 bits per heavy atom. The number of nitrogens with one attached hydrogen (secondary N) is 1. The highest BCUT2D eigenvalue weighted by atomic mass is 32.2. The van der Waals surface area contributed by atoms with Crippen LogP contribution in [0, 0.1) is 18.3 Å². The standard InChI is InChI=1S/C12H14N2O4S/c1-8-6-10(5-4-9(8)7-13)19(17,18)14-12(2,3)11(15)16/h4-6,14H,1-3H3,(H,15,16). The maximum atomic E-state index is 12.0. The minimum absolute atomic E-state index is 0.0710. The van der Waals surface area contributed by atoms with Crippen molar-refractivity contribution in [3.8, 4) is 6.07 Å². The summed E-state index contributed by atoms with van der Waals surface area (Å²) in [6.07, 6.45) is 0. The number of aliphatic carboxylic acids is 1. The predicted octanol–water partition coefficient (Wildman–Crippen LogP) is 1.01. The second kappa shape index (κ2) is 4.99. The van der Waals surface area contributed by atoms with Gasteiger partial charge in [-0.05, 0) is 44.5 Å². The van der Waals surface area contributed by atoms with Crippen molar-refractivity contribution in [2.24, 2.45) is 0 Å². The van der Waals surface area contributed by atoms with Crippen LogP contribution in [0.15, 0.2) is 23.1 Å². The summed E-state index contributed by atoms with van der Waals surface area (Å²) < 4.78 is 26.2. The third kappa shape index (κ3) is 3.30. The first kappa shape index (κ1) is 15.1. The molecule has 0 radical (unpaired) electrons. The Morgan fingerprint density at radius 3 is 2.42 bits per heavy atom. The number of nitriles is 1. The van der Waals surface area contributed by atoms with Crippen LogP contribution in [0.4, 0.5) is 0 Å². The first-order valence-corrected chi connectivity index (χ1v) is 6.86. The van der Waals surface area contributed by atoms with E-state index in [0.29, 0.717) is 11.1 Å². The first-order valence-electron chi connectivity index (χ1n) is 5.38. The molecule has 0 bridgehead atoms. The summed E-state index contributed by atoms with van der Waals surface area (Å²) >= 11 is 0. The van der Waals surface area contributed by atoms with E-state index in [0.717, 1.165) is 0 Å². The number of hydrogen-bond donors (Lipinski definition) is 2. The fourth-order valence-electron chi connectivity index (χ4n) is 1.37. The lowest BCUT2D eigenvalue weighted by Crippen LogP contribution is -2.49. The van der Waals surface area contributed by atoms with Gasteiger partial charge in [0.15, 0.2) is 0 Å². The summed E-state index contributed by atoms with van der Waals surface area (Å²) in [4.78, 5) is 10.9. The van der Waals surface area contributed by atoms with Crippen molar-refractivity contribution < 1.29 is 18.3 Å². The quantitative estimate of drug-likeness (QED) is 0.856. The van der Waals surface area contributed by atoms with Crippen LogP contribution in [-0.2, 0) is 14.8 Å². The zero-order valence-corrected chi connectivity index (χ0v) is 11.6. The number of carboxylic acid groups (broad SMARTS) is 1. The van der Waals surface area contributed by atoms with Gasteiger partial charge in [0.25, 0.3) is 0 Å². The van der Waals surface area contributed by atoms with Crippen LogP contribution in [0.1, 0.15) is 25.0 Å². The molecular weight excluding hydrogens is 268 g/mol. The van der Waals surface area contributed by atoms with Crippen molar-refractivity contribution in [1.29, 1.82) is 5.26 Å². The number of sulfonamides is 1. The van der Waals surface area contributed by atoms with Crippen molar-refractivity contribution in [2.75, 3.05) is 0 Å². The Labute approximate surface area is 111 Å². The second-order valence-electron chi connectivity index (χ2n) is 4.62. The molecule has 102 valence electrons. The third-order valence-electron chi connectivity index (χ3n) is 2.55. The predicted molar refractivity (Wildman–Crippen MR) is 67.9 cm³/mol. The lowest BCUT2D eigenvalue weighted by molar-refractivity contribution is -0.142. The maximum Gasteiger partial charge on any atom is 0.324 e. The molecule has 0 fully saturated rings. The highest BCUT2D eigenvalue weighted by Gasteiger charge is 2.33. The lowest BCUT2D eigenvalue weighted by Gasteiger charge is -2.21. The van der Waals surface area contributed by atoms with E-state index in [1.807, 2.05) is 6.07 Å². The molecule has 0 heterocycles. The van der Waals surface area contributed by atoms with Gasteiger partial charge in [-0.2, -0.15) is 9.98 Å². The molecule has 6 nitrogen and oxygen atoms in total. The van der Waals surface area contributed by atoms with Gasteiger partial charge in [-0.25, -0.2) is 8.42 Å². The third-order valence-corrected chi connectivity index (χ3v) is 4.21. The van der Waals surface area contributed by atoms with E-state index in [9.17, 15) is 13.2 Å². The number of nitrogens with zero attached hydrogens (tertiary/aromatic N) is 1. The average Bonchev–Trinajstić information content (AvgIpc) is 2.27. The van der Waals surface area contributed by atoms with Crippen molar-refractivity contribution in [1.82, 2.24) is 4.72 Å². The summed E-state index contributed by atoms with van der Waals surface area (Å²) in [5.74, 6) is -1.28. The van der Waals surface area contributed by atoms with Gasteiger partial charge in [0.1, 0.15) is 5.54 Å². The van der Waals surface area contributed by atoms with Crippen LogP contribution < -0.4 is 4.72 Å². The van der Waals surface area contributed by atoms with E-state index in [1.165, 1.54) is 32.0 Å². The zero-order chi connectivity index (χ0) is 14.8. The van der Waals surface area contributed by atoms with E-state index in [2.05, 4.69) is 4.72 Å². The Hall–Kier alpha value is -1.91. The van der Waals surface area contributed by atoms with Gasteiger partial charge in [-0.15, -0.1) is 0 Å². The van der Waals surface area contributed by atoms with Crippen molar-refractivity contribution in [2.45, 2.75) is 31.2 Å². The van der Waals surface area contributed by atoms with Crippen LogP contribution in [-0.4, -0.2) is 25.0 Å². The normalized spacial score (nSPS) is 11.9. The number of carboxylic acids is 1. The molecule has 0 aromatic heterocycles. The van der Waals surface area contributed by atoms with E-state index < -0.39 is 21.5 Å². The van der Waals surface area contributed by atoms with Crippen LogP contribution in [0.3, 0.4) is 0 Å². The fourth-order valence-corrected chi connectivity index (χ4v) is 2.82. The molecule has 0 unspecified atom stereocenters. The van der Waals surface area contributed by atoms with Gasteiger partial charge in [-0.3, -0.25) is 4.79 Å². The van der Waals surface area contributed by atoms with Crippen LogP contribution >= 0.6 is 0 Å². The SMILES string of the molecule is Cc1cc(S(=O)(=O)NC(C)(C)C(=O)O)ccc1C#N. The Morgan fingerprint density at radius 1 is 1.42 bits per heavy atom. The van der Waals surface area contributed by atoms with E-state index in [-0.39, 0.29) is 4.90 Å². The minimum atomic E-state index is -3.95. The smallest absolute Gasteiger partial charge is 0.324 e. The van der Waals surface area contributed by atoms with Crippen molar-refractivity contribution in [3.05, 3.63) is 29.3 Å². The van der Waals surface area contributed by atoms with Gasteiger partial charge < -0.3 is 5.11 Å². The first-order chi connectivity index (χ1) is 8.60. The monoisotopic (exact) mass is 282 g/mol. The van der Waals surface area contributed by atoms with Gasteiger partial charge in [-0.1, -0.05) is 0 Å². The van der Waals surface area contributed by atoms with Crippen LogP contribution in [0.2, 0.25) is 0 Å². The highest BCUT2D eigenvalue weighted by molar-refractivity contribution is 7.89. The minimum Gasteiger partial charge on any atom is -0.480 e. The van der Waals surface area contributed by atoms with Gasteiger partial charge >= 0.3 is 5.97 Å². The van der Waals surface area contributed by atoms with E-state index in [4.69, 9.17) is 10.4 Å². The topological polar surface area (TPSA) is 107 Å². The molecule has 0 spiro atoms. The molecule has 1 aromatic rings. The van der Waals surface area contributed by atoms with Crippen LogP contribution in [0.5, 0.6) is 0 Å². The summed E-state index contributed by atoms with van der Waals surface area (Å²) in [6, 6.07) is 5.92. The molecule has 7 heteroatoms. The molecule has 1 rings (SSSR count). The van der Waals surface area contributed by atoms with Gasteiger partial charge in [0, 0.05) is 0 Å². The molecular formula is C12H14N2O4S. The number of hydrogen-bond acceptors (Lipinski definition) is 4. The number of carbonyl (C=O) groups is 1. The molecule has 19 heavy (non-hydrogen) atoms. The lowest BCUT2D eigenvalue weighted by atomic mass is 10.1. The van der Waals surface area contributed by atoms with Crippen molar-refractivity contribution >= 4 is 16.0 Å². The second-order valence-corrected chi connectivity index (χ2v) is 6.31. The number of aryl methyl sites for hydroxylation is 1. The highest BCUT2D eigenvalue weighted by Crippen LogP contribution is 2.17. The fraction of sp³-hybridized carbons (Fsp3) is 0.333. The Balaban J connectivity index is 3.19. The molecule has 0 atom stereocenters. The van der Waals surface area contributed by atoms with Gasteiger partial charge in [0.2, 0.25) is 10.0 Å². The molecule has 0 aliphatic heterocycles. The van der Waals surface area contributed by atoms with Crippen molar-refractivity contribution in [3.63, 3.8) is 0 Å².